The average Bonchev–Trinajstić information content (AvgIpc) is 3.28. The Morgan fingerprint density at radius 1 is 1.37 bits per heavy atom. The van der Waals surface area contributed by atoms with Crippen molar-refractivity contribution < 1.29 is 9.53 Å². The number of aromatic amines is 1. The predicted octanol–water partition coefficient (Wildman–Crippen LogP) is -0.00990. The number of aromatic nitrogens is 4. The second-order valence-electron chi connectivity index (χ2n) is 6.23. The van der Waals surface area contributed by atoms with Crippen LogP contribution in [0.3, 0.4) is 0 Å². The molecule has 1 unspecified atom stereocenters. The first-order valence-corrected chi connectivity index (χ1v) is 8.51. The third kappa shape index (κ3) is 2.99. The molecule has 140 valence electrons. The molecular weight excluding hydrogens is 350 g/mol. The van der Waals surface area contributed by atoms with E-state index in [1.807, 2.05) is 0 Å². The highest BCUT2D eigenvalue weighted by Crippen LogP contribution is 2.25. The summed E-state index contributed by atoms with van der Waals surface area (Å²) in [5, 5.41) is 6.43. The number of imidazole rings is 1. The lowest BCUT2D eigenvalue weighted by atomic mass is 10.2. The lowest BCUT2D eigenvalue weighted by Gasteiger charge is -2.13. The van der Waals surface area contributed by atoms with Crippen LogP contribution in [-0.4, -0.2) is 51.7 Å². The van der Waals surface area contributed by atoms with Crippen LogP contribution in [-0.2, 0) is 0 Å². The Kier molecular flexibility index (Phi) is 4.24. The van der Waals surface area contributed by atoms with Crippen molar-refractivity contribution in [1.82, 2.24) is 24.8 Å². The van der Waals surface area contributed by atoms with Crippen LogP contribution in [0.5, 0.6) is 5.75 Å². The maximum Gasteiger partial charge on any atom is 0.332 e. The van der Waals surface area contributed by atoms with E-state index in [2.05, 4.69) is 25.6 Å². The van der Waals surface area contributed by atoms with Gasteiger partial charge in [-0.05, 0) is 25.1 Å². The second kappa shape index (κ2) is 6.72. The summed E-state index contributed by atoms with van der Waals surface area (Å²) in [6.07, 6.45) is 0.903. The molecule has 1 saturated heterocycles. The third-order valence-electron chi connectivity index (χ3n) is 4.49. The van der Waals surface area contributed by atoms with E-state index in [1.165, 1.54) is 11.7 Å². The number of benzene rings is 1. The van der Waals surface area contributed by atoms with E-state index in [4.69, 9.17) is 10.5 Å². The number of para-hydroxylation sites is 2. The molecule has 1 amide bonds. The standard InChI is InChI=1S/C17H19N7O3/c1-27-11-5-3-2-4-10(11)24-15-13(22-17(24)26)12(14(18)25)21-16(23-15)20-9-6-7-19-8-9/h2-5,9,19H,6-8H2,1H3,(H2,18,25)(H,22,26)(H,20,21,23). The van der Waals surface area contributed by atoms with Gasteiger partial charge < -0.3 is 26.1 Å². The number of carbonyl (C=O) groups excluding carboxylic acids is 1. The van der Waals surface area contributed by atoms with Crippen molar-refractivity contribution in [2.24, 2.45) is 5.73 Å². The number of methoxy groups -OCH3 is 1. The molecular formula is C17H19N7O3. The van der Waals surface area contributed by atoms with E-state index in [9.17, 15) is 9.59 Å². The van der Waals surface area contributed by atoms with Gasteiger partial charge in [-0.15, -0.1) is 0 Å². The van der Waals surface area contributed by atoms with Crippen LogP contribution in [0.1, 0.15) is 16.9 Å². The molecule has 1 aliphatic heterocycles. The lowest BCUT2D eigenvalue weighted by Crippen LogP contribution is -2.24. The highest BCUT2D eigenvalue weighted by atomic mass is 16.5. The van der Waals surface area contributed by atoms with Gasteiger partial charge in [-0.25, -0.2) is 14.3 Å². The van der Waals surface area contributed by atoms with E-state index in [-0.39, 0.29) is 28.8 Å². The first-order chi connectivity index (χ1) is 13.1. The van der Waals surface area contributed by atoms with Crippen molar-refractivity contribution in [1.29, 1.82) is 0 Å². The van der Waals surface area contributed by atoms with Crippen LogP contribution in [0.15, 0.2) is 29.1 Å². The Balaban J connectivity index is 1.94. The molecule has 1 atom stereocenters. The summed E-state index contributed by atoms with van der Waals surface area (Å²) >= 11 is 0. The lowest BCUT2D eigenvalue weighted by molar-refractivity contribution is 0.0997. The van der Waals surface area contributed by atoms with Crippen molar-refractivity contribution in [3.05, 3.63) is 40.4 Å². The highest BCUT2D eigenvalue weighted by molar-refractivity contribution is 6.02. The monoisotopic (exact) mass is 369 g/mol. The topological polar surface area (TPSA) is 140 Å². The first kappa shape index (κ1) is 17.0. The van der Waals surface area contributed by atoms with E-state index in [0.29, 0.717) is 11.4 Å². The van der Waals surface area contributed by atoms with Gasteiger partial charge in [0.2, 0.25) is 5.95 Å². The maximum atomic E-state index is 12.6. The summed E-state index contributed by atoms with van der Waals surface area (Å²) in [5.74, 6) is -0.00897. The number of nitrogens with zero attached hydrogens (tertiary/aromatic N) is 3. The fraction of sp³-hybridized carbons (Fsp3) is 0.294. The van der Waals surface area contributed by atoms with E-state index in [1.54, 1.807) is 24.3 Å². The van der Waals surface area contributed by atoms with Gasteiger partial charge in [0.15, 0.2) is 11.3 Å². The normalized spacial score (nSPS) is 16.6. The van der Waals surface area contributed by atoms with Crippen LogP contribution in [0.4, 0.5) is 5.95 Å². The van der Waals surface area contributed by atoms with E-state index >= 15 is 0 Å². The Morgan fingerprint density at radius 3 is 2.89 bits per heavy atom. The number of rotatable bonds is 5. The van der Waals surface area contributed by atoms with Crippen molar-refractivity contribution in [2.45, 2.75) is 12.5 Å². The second-order valence-corrected chi connectivity index (χ2v) is 6.23. The molecule has 10 heteroatoms. The minimum absolute atomic E-state index is 0.0424. The quantitative estimate of drug-likeness (QED) is 0.496. The Morgan fingerprint density at radius 2 is 2.19 bits per heavy atom. The Hall–Kier alpha value is -3.40. The average molecular weight is 369 g/mol. The third-order valence-corrected chi connectivity index (χ3v) is 4.49. The molecule has 0 bridgehead atoms. The summed E-state index contributed by atoms with van der Waals surface area (Å²) in [6, 6.07) is 7.18. The molecule has 10 nitrogen and oxygen atoms in total. The van der Waals surface area contributed by atoms with Crippen LogP contribution < -0.4 is 26.8 Å². The van der Waals surface area contributed by atoms with Gasteiger partial charge in [-0.2, -0.15) is 4.98 Å². The zero-order valence-corrected chi connectivity index (χ0v) is 14.7. The van der Waals surface area contributed by atoms with Crippen LogP contribution in [0.2, 0.25) is 0 Å². The fourth-order valence-corrected chi connectivity index (χ4v) is 3.23. The van der Waals surface area contributed by atoms with Crippen molar-refractivity contribution in [3.63, 3.8) is 0 Å². The molecule has 0 spiro atoms. The van der Waals surface area contributed by atoms with Gasteiger partial charge in [-0.3, -0.25) is 4.79 Å². The van der Waals surface area contributed by atoms with Gasteiger partial charge in [-0.1, -0.05) is 12.1 Å². The molecule has 0 saturated carbocycles. The molecule has 3 aromatic rings. The van der Waals surface area contributed by atoms with Gasteiger partial charge in [0.05, 0.1) is 12.8 Å². The largest absolute Gasteiger partial charge is 0.495 e. The van der Waals surface area contributed by atoms with E-state index < -0.39 is 11.6 Å². The summed E-state index contributed by atoms with van der Waals surface area (Å²) < 4.78 is 6.70. The zero-order chi connectivity index (χ0) is 19.0. The minimum Gasteiger partial charge on any atom is -0.495 e. The number of nitrogens with one attached hydrogen (secondary N) is 3. The van der Waals surface area contributed by atoms with Crippen molar-refractivity contribution >= 4 is 23.0 Å². The molecule has 5 N–H and O–H groups in total. The molecule has 2 aromatic heterocycles. The number of hydrogen-bond donors (Lipinski definition) is 4. The molecule has 1 aromatic carbocycles. The molecule has 0 radical (unpaired) electrons. The number of carbonyl (C=O) groups is 1. The van der Waals surface area contributed by atoms with Crippen molar-refractivity contribution in [3.8, 4) is 11.4 Å². The number of amides is 1. The number of nitrogens with two attached hydrogens (primary N) is 1. The summed E-state index contributed by atoms with van der Waals surface area (Å²) in [7, 11) is 1.52. The number of ether oxygens (including phenoxy) is 1. The summed E-state index contributed by atoms with van der Waals surface area (Å²) in [5.41, 5.74) is 5.92. The molecule has 1 fully saturated rings. The summed E-state index contributed by atoms with van der Waals surface area (Å²) in [4.78, 5) is 35.9. The van der Waals surface area contributed by atoms with Crippen LogP contribution in [0, 0.1) is 0 Å². The van der Waals surface area contributed by atoms with Crippen LogP contribution in [0.25, 0.3) is 16.9 Å². The molecule has 4 rings (SSSR count). The highest BCUT2D eigenvalue weighted by Gasteiger charge is 2.22. The minimum atomic E-state index is -0.747. The van der Waals surface area contributed by atoms with Crippen molar-refractivity contribution in [2.75, 3.05) is 25.5 Å². The van der Waals surface area contributed by atoms with Gasteiger partial charge in [0.1, 0.15) is 11.3 Å². The number of primary amides is 1. The smallest absolute Gasteiger partial charge is 0.332 e. The number of anilines is 1. The SMILES string of the molecule is COc1ccccc1-n1c(=O)[nH]c2c(C(N)=O)nc(NC3CCNC3)nc21. The summed E-state index contributed by atoms with van der Waals surface area (Å²) in [6.45, 7) is 1.65. The van der Waals surface area contributed by atoms with E-state index in [0.717, 1.165) is 19.5 Å². The Bertz CT molecular complexity index is 1070. The number of fused-ring (bicyclic) bond motifs is 1. The van der Waals surface area contributed by atoms with Gasteiger partial charge in [0, 0.05) is 12.6 Å². The number of H-pyrrole nitrogens is 1. The molecule has 0 aliphatic carbocycles. The predicted molar refractivity (Wildman–Crippen MR) is 99.5 cm³/mol. The molecule has 3 heterocycles. The van der Waals surface area contributed by atoms with Crippen LogP contribution >= 0.6 is 0 Å². The zero-order valence-electron chi connectivity index (χ0n) is 14.7. The van der Waals surface area contributed by atoms with Gasteiger partial charge >= 0.3 is 5.69 Å². The van der Waals surface area contributed by atoms with Gasteiger partial charge in [0.25, 0.3) is 5.91 Å². The Labute approximate surface area is 153 Å². The fourth-order valence-electron chi connectivity index (χ4n) is 3.23. The maximum absolute atomic E-state index is 12.6. The number of hydrogen-bond acceptors (Lipinski definition) is 7. The molecule has 1 aliphatic rings. The first-order valence-electron chi connectivity index (χ1n) is 8.51. The molecule has 27 heavy (non-hydrogen) atoms.